The number of hydrogen-bond acceptors (Lipinski definition) is 0. The van der Waals surface area contributed by atoms with Gasteiger partial charge in [0.25, 0.3) is 0 Å². The topological polar surface area (TPSA) is 0 Å². The Labute approximate surface area is 128 Å². The summed E-state index contributed by atoms with van der Waals surface area (Å²) in [4.78, 5) is 0. The molecule has 2 atom stereocenters. The summed E-state index contributed by atoms with van der Waals surface area (Å²) in [7, 11) is 0. The summed E-state index contributed by atoms with van der Waals surface area (Å²) in [6.07, 6.45) is 21.8. The van der Waals surface area contributed by atoms with E-state index in [-0.39, 0.29) is 12.4 Å². The third-order valence-corrected chi connectivity index (χ3v) is 5.94. The minimum absolute atomic E-state index is 0. The van der Waals surface area contributed by atoms with E-state index in [4.69, 9.17) is 0 Å². The van der Waals surface area contributed by atoms with Crippen LogP contribution in [0.25, 0.3) is 0 Å². The number of hydrogen-bond donors (Lipinski definition) is 0. The summed E-state index contributed by atoms with van der Waals surface area (Å²) in [6, 6.07) is 0. The predicted octanol–water partition coefficient (Wildman–Crippen LogP) is 5.08. The molecule has 0 saturated heterocycles. The molecular weight excluding hydrogens is 275 g/mol. The maximum atomic E-state index is 2.51. The molecule has 0 spiro atoms. The van der Waals surface area contributed by atoms with Gasteiger partial charge in [0.2, 0.25) is 0 Å². The number of halogens is 1. The monoisotopic (exact) mass is 295 g/mol. The molecule has 0 radical (unpaired) electrons. The second-order valence-electron chi connectivity index (χ2n) is 5.47. The average molecular weight is 296 g/mol. The van der Waals surface area contributed by atoms with E-state index in [1.54, 1.807) is 11.1 Å². The first-order valence-electron chi connectivity index (χ1n) is 6.77. The van der Waals surface area contributed by atoms with Crippen molar-refractivity contribution in [2.75, 3.05) is 0 Å². The van der Waals surface area contributed by atoms with Gasteiger partial charge in [-0.15, -0.1) is 12.4 Å². The standard InChI is InChI=1S/C16H19.ClH.Ti/c1-2-8-13(7-1)15-11-5-6-12-16(15)14-9-3-4-10-14;;/h1-4,7,9,15H,5-6,8,10-12H2;1H;. The Morgan fingerprint density at radius 2 is 1.83 bits per heavy atom. The van der Waals surface area contributed by atoms with Crippen LogP contribution in [0.2, 0.25) is 3.72 Å². The van der Waals surface area contributed by atoms with E-state index in [0.29, 0.717) is 3.72 Å². The van der Waals surface area contributed by atoms with Crippen LogP contribution < -0.4 is 0 Å². The van der Waals surface area contributed by atoms with Crippen molar-refractivity contribution in [2.24, 2.45) is 5.92 Å². The van der Waals surface area contributed by atoms with Crippen LogP contribution in [0.1, 0.15) is 38.5 Å². The molecule has 1 saturated carbocycles. The van der Waals surface area contributed by atoms with Crippen LogP contribution in [0.5, 0.6) is 0 Å². The molecule has 0 aromatic heterocycles. The molecule has 0 nitrogen and oxygen atoms in total. The normalized spacial score (nSPS) is 34.1. The van der Waals surface area contributed by atoms with Gasteiger partial charge in [0.15, 0.2) is 0 Å². The zero-order valence-corrected chi connectivity index (χ0v) is 13.1. The Morgan fingerprint density at radius 1 is 1.06 bits per heavy atom. The zero-order valence-electron chi connectivity index (χ0n) is 10.7. The molecule has 1 fully saturated rings. The molecule has 0 aromatic rings. The Balaban J connectivity index is 0.00000120. The quantitative estimate of drug-likeness (QED) is 0.623. The maximum absolute atomic E-state index is 2.51. The first-order chi connectivity index (χ1) is 8.31. The summed E-state index contributed by atoms with van der Waals surface area (Å²) in [5.74, 6) is 0.789. The van der Waals surface area contributed by atoms with Crippen molar-refractivity contribution in [3.63, 3.8) is 0 Å². The van der Waals surface area contributed by atoms with E-state index in [0.717, 1.165) is 5.92 Å². The van der Waals surface area contributed by atoms with E-state index in [1.165, 1.54) is 38.5 Å². The fourth-order valence-electron chi connectivity index (χ4n) is 3.56. The van der Waals surface area contributed by atoms with Gasteiger partial charge in [-0.1, -0.05) is 0 Å². The van der Waals surface area contributed by atoms with Gasteiger partial charge in [0.05, 0.1) is 0 Å². The van der Waals surface area contributed by atoms with Crippen molar-refractivity contribution in [1.82, 2.24) is 0 Å². The minimum atomic E-state index is 0. The van der Waals surface area contributed by atoms with Gasteiger partial charge in [-0.05, 0) is 0 Å². The van der Waals surface area contributed by atoms with Crippen molar-refractivity contribution in [1.29, 1.82) is 0 Å². The molecule has 0 heterocycles. The fraction of sp³-hybridized carbons (Fsp3) is 0.500. The van der Waals surface area contributed by atoms with E-state index < -0.39 is 0 Å². The van der Waals surface area contributed by atoms with Crippen molar-refractivity contribution in [3.8, 4) is 0 Å². The fourth-order valence-corrected chi connectivity index (χ4v) is 4.64. The molecule has 0 aliphatic heterocycles. The third kappa shape index (κ3) is 2.48. The molecular formula is C16H20ClTi. The molecule has 3 aliphatic rings. The zero-order chi connectivity index (χ0) is 11.7. The van der Waals surface area contributed by atoms with Crippen molar-refractivity contribution >= 4 is 12.4 Å². The van der Waals surface area contributed by atoms with Gasteiger partial charge in [-0.25, -0.2) is 0 Å². The van der Waals surface area contributed by atoms with E-state index >= 15 is 0 Å². The molecule has 18 heavy (non-hydrogen) atoms. The third-order valence-electron chi connectivity index (χ3n) is 4.50. The molecule has 2 heteroatoms. The van der Waals surface area contributed by atoms with Gasteiger partial charge in [0, 0.05) is 0 Å². The molecule has 0 amide bonds. The molecule has 2 unspecified atom stereocenters. The summed E-state index contributed by atoms with van der Waals surface area (Å²) < 4.78 is 0.430. The average Bonchev–Trinajstić information content (AvgIpc) is 3.03. The predicted molar refractivity (Wildman–Crippen MR) is 75.6 cm³/mol. The summed E-state index contributed by atoms with van der Waals surface area (Å²) in [6.45, 7) is 0. The van der Waals surface area contributed by atoms with Crippen LogP contribution in [0.4, 0.5) is 0 Å². The molecule has 3 rings (SSSR count). The van der Waals surface area contributed by atoms with Crippen LogP contribution in [-0.4, -0.2) is 0 Å². The van der Waals surface area contributed by atoms with Crippen molar-refractivity contribution in [2.45, 2.75) is 42.2 Å². The molecule has 0 bridgehead atoms. The summed E-state index contributed by atoms with van der Waals surface area (Å²) in [5.41, 5.74) is 3.36. The van der Waals surface area contributed by atoms with Crippen molar-refractivity contribution < 1.29 is 20.4 Å². The Hall–Kier alpha value is -0.0357. The van der Waals surface area contributed by atoms with Gasteiger partial charge in [0.1, 0.15) is 0 Å². The van der Waals surface area contributed by atoms with E-state index in [1.807, 2.05) is 0 Å². The van der Waals surface area contributed by atoms with Crippen LogP contribution in [0, 0.1) is 5.92 Å². The first kappa shape index (κ1) is 14.4. The molecule has 3 aliphatic carbocycles. The van der Waals surface area contributed by atoms with E-state index in [2.05, 4.69) is 56.9 Å². The van der Waals surface area contributed by atoms with Gasteiger partial charge < -0.3 is 0 Å². The van der Waals surface area contributed by atoms with Gasteiger partial charge >= 0.3 is 116 Å². The summed E-state index contributed by atoms with van der Waals surface area (Å²) >= 11 is 2.51. The van der Waals surface area contributed by atoms with Crippen LogP contribution in [0.15, 0.2) is 47.6 Å². The first-order valence-corrected chi connectivity index (χ1v) is 7.55. The Kier molecular flexibility index (Phi) is 4.75. The second-order valence-corrected chi connectivity index (χ2v) is 6.86. The number of allylic oxidation sites excluding steroid dienone is 8. The Bertz CT molecular complexity index is 430. The Morgan fingerprint density at radius 3 is 2.50 bits per heavy atom. The van der Waals surface area contributed by atoms with Crippen LogP contribution in [-0.2, 0) is 20.4 Å². The van der Waals surface area contributed by atoms with Gasteiger partial charge in [-0.3, -0.25) is 0 Å². The van der Waals surface area contributed by atoms with Crippen LogP contribution >= 0.6 is 12.4 Å². The molecule has 0 aromatic carbocycles. The number of rotatable bonds is 2. The molecule has 95 valence electrons. The van der Waals surface area contributed by atoms with Crippen molar-refractivity contribution in [3.05, 3.63) is 47.6 Å². The van der Waals surface area contributed by atoms with Gasteiger partial charge in [-0.2, -0.15) is 0 Å². The van der Waals surface area contributed by atoms with E-state index in [9.17, 15) is 0 Å². The second kappa shape index (κ2) is 5.95. The summed E-state index contributed by atoms with van der Waals surface area (Å²) in [5, 5.41) is 0. The SMILES string of the molecule is Cl.[Ti][C]1(C2=CC=CC2)CCCCC1C1=CC=CC1. The molecule has 0 N–H and O–H groups in total. The van der Waals surface area contributed by atoms with Crippen LogP contribution in [0.3, 0.4) is 0 Å².